The standard InChI is InChI=1S/C14H20BrNO3S/c1-11-9-12(15)3-4-13(11)20-10-14(18)16-5-2-7-19-8-6-17/h3-4,9,17H,2,5-8,10H2,1H3,(H,16,18). The van der Waals surface area contributed by atoms with Crippen molar-refractivity contribution in [2.24, 2.45) is 0 Å². The molecule has 0 atom stereocenters. The Morgan fingerprint density at radius 1 is 1.45 bits per heavy atom. The highest BCUT2D eigenvalue weighted by Gasteiger charge is 2.04. The Morgan fingerprint density at radius 2 is 2.25 bits per heavy atom. The van der Waals surface area contributed by atoms with Gasteiger partial charge in [-0.05, 0) is 37.1 Å². The highest BCUT2D eigenvalue weighted by atomic mass is 79.9. The van der Waals surface area contributed by atoms with Gasteiger partial charge in [0.05, 0.1) is 19.0 Å². The lowest BCUT2D eigenvalue weighted by Gasteiger charge is -2.07. The van der Waals surface area contributed by atoms with Crippen LogP contribution in [0.2, 0.25) is 0 Å². The Kier molecular flexibility index (Phi) is 8.93. The van der Waals surface area contributed by atoms with Gasteiger partial charge in [0.25, 0.3) is 0 Å². The lowest BCUT2D eigenvalue weighted by molar-refractivity contribution is -0.118. The van der Waals surface area contributed by atoms with E-state index in [1.54, 1.807) is 0 Å². The average Bonchev–Trinajstić information content (AvgIpc) is 2.41. The summed E-state index contributed by atoms with van der Waals surface area (Å²) in [6.45, 7) is 3.58. The average molecular weight is 362 g/mol. The molecule has 112 valence electrons. The number of carbonyl (C=O) groups excluding carboxylic acids is 1. The van der Waals surface area contributed by atoms with Crippen LogP contribution < -0.4 is 5.32 Å². The number of halogens is 1. The minimum atomic E-state index is 0.0273. The molecular formula is C14H20BrNO3S. The summed E-state index contributed by atoms with van der Waals surface area (Å²) >= 11 is 4.96. The minimum Gasteiger partial charge on any atom is -0.394 e. The summed E-state index contributed by atoms with van der Waals surface area (Å²) in [5.41, 5.74) is 1.16. The topological polar surface area (TPSA) is 58.6 Å². The zero-order valence-electron chi connectivity index (χ0n) is 11.5. The fourth-order valence-corrected chi connectivity index (χ4v) is 2.85. The Bertz CT molecular complexity index is 429. The van der Waals surface area contributed by atoms with Crippen LogP contribution in [0.5, 0.6) is 0 Å². The van der Waals surface area contributed by atoms with E-state index >= 15 is 0 Å². The molecule has 6 heteroatoms. The summed E-state index contributed by atoms with van der Waals surface area (Å²) in [7, 11) is 0. The van der Waals surface area contributed by atoms with Crippen LogP contribution in [-0.4, -0.2) is 43.1 Å². The molecule has 0 aliphatic carbocycles. The number of rotatable bonds is 9. The van der Waals surface area contributed by atoms with Crippen LogP contribution in [-0.2, 0) is 9.53 Å². The molecule has 0 saturated carbocycles. The van der Waals surface area contributed by atoms with E-state index in [-0.39, 0.29) is 12.5 Å². The summed E-state index contributed by atoms with van der Waals surface area (Å²) in [4.78, 5) is 12.8. The fraction of sp³-hybridized carbons (Fsp3) is 0.500. The third-order valence-corrected chi connectivity index (χ3v) is 4.19. The van der Waals surface area contributed by atoms with E-state index in [4.69, 9.17) is 9.84 Å². The Labute approximate surface area is 132 Å². The lowest BCUT2D eigenvalue weighted by Crippen LogP contribution is -2.27. The second kappa shape index (κ2) is 10.2. The number of nitrogens with one attached hydrogen (secondary N) is 1. The molecule has 2 N–H and O–H groups in total. The minimum absolute atomic E-state index is 0.0273. The molecule has 0 radical (unpaired) electrons. The van der Waals surface area contributed by atoms with Crippen molar-refractivity contribution in [2.75, 3.05) is 32.1 Å². The van der Waals surface area contributed by atoms with Gasteiger partial charge in [-0.2, -0.15) is 0 Å². The first kappa shape index (κ1) is 17.5. The van der Waals surface area contributed by atoms with E-state index in [2.05, 4.69) is 21.2 Å². The monoisotopic (exact) mass is 361 g/mol. The Balaban J connectivity index is 2.16. The normalized spacial score (nSPS) is 10.6. The number of aryl methyl sites for hydroxylation is 1. The van der Waals surface area contributed by atoms with Crippen molar-refractivity contribution in [1.82, 2.24) is 5.32 Å². The first-order valence-electron chi connectivity index (χ1n) is 6.47. The first-order valence-corrected chi connectivity index (χ1v) is 8.25. The van der Waals surface area contributed by atoms with Gasteiger partial charge in [0.2, 0.25) is 5.91 Å². The van der Waals surface area contributed by atoms with Crippen molar-refractivity contribution < 1.29 is 14.6 Å². The predicted molar refractivity (Wildman–Crippen MR) is 85.1 cm³/mol. The Morgan fingerprint density at radius 3 is 2.95 bits per heavy atom. The van der Waals surface area contributed by atoms with E-state index in [0.29, 0.717) is 25.5 Å². The molecular weight excluding hydrogens is 342 g/mol. The van der Waals surface area contributed by atoms with Gasteiger partial charge in [0, 0.05) is 22.5 Å². The smallest absolute Gasteiger partial charge is 0.230 e. The van der Waals surface area contributed by atoms with Crippen LogP contribution in [0.25, 0.3) is 0 Å². The fourth-order valence-electron chi connectivity index (χ4n) is 1.54. The van der Waals surface area contributed by atoms with Crippen molar-refractivity contribution in [2.45, 2.75) is 18.2 Å². The maximum atomic E-state index is 11.7. The number of aliphatic hydroxyl groups excluding tert-OH is 1. The second-order valence-corrected chi connectivity index (χ2v) is 6.17. The number of thioether (sulfide) groups is 1. The van der Waals surface area contributed by atoms with Gasteiger partial charge in [0.15, 0.2) is 0 Å². The number of carbonyl (C=O) groups is 1. The summed E-state index contributed by atoms with van der Waals surface area (Å²) in [5.74, 6) is 0.444. The van der Waals surface area contributed by atoms with Crippen LogP contribution >= 0.6 is 27.7 Å². The number of benzene rings is 1. The highest BCUT2D eigenvalue weighted by molar-refractivity contribution is 9.10. The van der Waals surface area contributed by atoms with Crippen molar-refractivity contribution in [3.05, 3.63) is 28.2 Å². The van der Waals surface area contributed by atoms with E-state index in [0.717, 1.165) is 21.4 Å². The summed E-state index contributed by atoms with van der Waals surface area (Å²) in [6.07, 6.45) is 0.758. The molecule has 0 bridgehead atoms. The molecule has 1 rings (SSSR count). The third-order valence-electron chi connectivity index (χ3n) is 2.52. The quantitative estimate of drug-likeness (QED) is 0.523. The van der Waals surface area contributed by atoms with E-state index in [1.807, 2.05) is 25.1 Å². The van der Waals surface area contributed by atoms with E-state index < -0.39 is 0 Å². The van der Waals surface area contributed by atoms with Crippen LogP contribution in [0, 0.1) is 6.92 Å². The van der Waals surface area contributed by atoms with E-state index in [1.165, 1.54) is 11.8 Å². The van der Waals surface area contributed by atoms with Gasteiger partial charge < -0.3 is 15.2 Å². The van der Waals surface area contributed by atoms with E-state index in [9.17, 15) is 4.79 Å². The molecule has 0 saturated heterocycles. The van der Waals surface area contributed by atoms with Gasteiger partial charge in [-0.3, -0.25) is 4.79 Å². The number of hydrogen-bond acceptors (Lipinski definition) is 4. The molecule has 0 unspecified atom stereocenters. The van der Waals surface area contributed by atoms with Gasteiger partial charge in [-0.15, -0.1) is 11.8 Å². The maximum absolute atomic E-state index is 11.7. The first-order chi connectivity index (χ1) is 9.63. The molecule has 1 amide bonds. The summed E-state index contributed by atoms with van der Waals surface area (Å²) in [5, 5.41) is 11.4. The largest absolute Gasteiger partial charge is 0.394 e. The Hall–Kier alpha value is -0.560. The van der Waals surface area contributed by atoms with Crippen LogP contribution in [0.1, 0.15) is 12.0 Å². The van der Waals surface area contributed by atoms with Gasteiger partial charge in [0.1, 0.15) is 0 Å². The molecule has 20 heavy (non-hydrogen) atoms. The molecule has 1 aromatic rings. The van der Waals surface area contributed by atoms with Gasteiger partial charge in [-0.1, -0.05) is 15.9 Å². The van der Waals surface area contributed by atoms with Crippen molar-refractivity contribution in [1.29, 1.82) is 0 Å². The van der Waals surface area contributed by atoms with Crippen molar-refractivity contribution in [3.63, 3.8) is 0 Å². The second-order valence-electron chi connectivity index (χ2n) is 4.24. The van der Waals surface area contributed by atoms with Gasteiger partial charge in [-0.25, -0.2) is 0 Å². The number of aliphatic hydroxyl groups is 1. The summed E-state index contributed by atoms with van der Waals surface area (Å²) in [6, 6.07) is 6.03. The molecule has 0 fully saturated rings. The highest BCUT2D eigenvalue weighted by Crippen LogP contribution is 2.24. The number of hydrogen-bond donors (Lipinski definition) is 2. The zero-order valence-corrected chi connectivity index (χ0v) is 13.9. The van der Waals surface area contributed by atoms with Crippen LogP contribution in [0.4, 0.5) is 0 Å². The SMILES string of the molecule is Cc1cc(Br)ccc1SCC(=O)NCCCOCCO. The van der Waals surface area contributed by atoms with Crippen LogP contribution in [0.15, 0.2) is 27.6 Å². The zero-order chi connectivity index (χ0) is 14.8. The molecule has 1 aromatic carbocycles. The van der Waals surface area contributed by atoms with Crippen molar-refractivity contribution in [3.8, 4) is 0 Å². The molecule has 0 spiro atoms. The summed E-state index contributed by atoms with van der Waals surface area (Å²) < 4.78 is 6.16. The molecule has 0 aliphatic rings. The predicted octanol–water partition coefficient (Wildman–Crippen LogP) is 2.36. The number of amides is 1. The molecule has 0 heterocycles. The lowest BCUT2D eigenvalue weighted by atomic mass is 10.2. The van der Waals surface area contributed by atoms with Crippen LogP contribution in [0.3, 0.4) is 0 Å². The number of ether oxygens (including phenoxy) is 1. The van der Waals surface area contributed by atoms with Crippen molar-refractivity contribution >= 4 is 33.6 Å². The molecule has 0 aromatic heterocycles. The molecule has 0 aliphatic heterocycles. The third kappa shape index (κ3) is 7.28. The molecule has 4 nitrogen and oxygen atoms in total. The van der Waals surface area contributed by atoms with Gasteiger partial charge >= 0.3 is 0 Å². The maximum Gasteiger partial charge on any atom is 0.230 e.